The lowest BCUT2D eigenvalue weighted by molar-refractivity contribution is -0.00238. The van der Waals surface area contributed by atoms with E-state index in [1.807, 2.05) is 30.3 Å². The molecular weight excluding hydrogens is 316 g/mol. The van der Waals surface area contributed by atoms with Gasteiger partial charge in [0.1, 0.15) is 0 Å². The molecule has 3 rings (SSSR count). The van der Waals surface area contributed by atoms with Crippen molar-refractivity contribution < 1.29 is 14.6 Å². The van der Waals surface area contributed by atoms with Gasteiger partial charge in [0, 0.05) is 52.5 Å². The number of rotatable bonds is 8. The third-order valence-electron chi connectivity index (χ3n) is 5.21. The Bertz CT molecular complexity index is 471. The zero-order valence-corrected chi connectivity index (χ0v) is 15.2. The Balaban J connectivity index is 1.27. The molecule has 0 spiro atoms. The van der Waals surface area contributed by atoms with E-state index in [4.69, 9.17) is 9.47 Å². The molecule has 1 N–H and O–H groups in total. The Morgan fingerprint density at radius 2 is 1.72 bits per heavy atom. The van der Waals surface area contributed by atoms with Crippen LogP contribution in [0.25, 0.3) is 0 Å². The van der Waals surface area contributed by atoms with Crippen LogP contribution in [0.15, 0.2) is 30.3 Å². The van der Waals surface area contributed by atoms with E-state index in [0.29, 0.717) is 19.8 Å². The van der Waals surface area contributed by atoms with Crippen molar-refractivity contribution in [2.75, 3.05) is 59.1 Å². The molecule has 0 bridgehead atoms. The molecule has 2 aliphatic heterocycles. The van der Waals surface area contributed by atoms with E-state index in [2.05, 4.69) is 9.80 Å². The van der Waals surface area contributed by atoms with Crippen LogP contribution in [0, 0.1) is 5.92 Å². The van der Waals surface area contributed by atoms with Crippen LogP contribution >= 0.6 is 0 Å². The lowest BCUT2D eigenvalue weighted by Crippen LogP contribution is -2.50. The summed E-state index contributed by atoms with van der Waals surface area (Å²) >= 11 is 0. The van der Waals surface area contributed by atoms with Crippen molar-refractivity contribution in [1.82, 2.24) is 9.80 Å². The van der Waals surface area contributed by atoms with Gasteiger partial charge in [0.2, 0.25) is 0 Å². The molecule has 0 saturated carbocycles. The highest BCUT2D eigenvalue weighted by Crippen LogP contribution is 2.17. The maximum atomic E-state index is 10.2. The Morgan fingerprint density at radius 3 is 2.44 bits per heavy atom. The molecule has 2 fully saturated rings. The largest absolute Gasteiger partial charge is 0.389 e. The predicted octanol–water partition coefficient (Wildman–Crippen LogP) is 1.61. The topological polar surface area (TPSA) is 45.2 Å². The quantitative estimate of drug-likeness (QED) is 0.773. The molecule has 0 aliphatic carbocycles. The number of hydrogen-bond acceptors (Lipinski definition) is 5. The van der Waals surface area contributed by atoms with E-state index < -0.39 is 6.10 Å². The number of piperazine rings is 1. The molecule has 140 valence electrons. The summed E-state index contributed by atoms with van der Waals surface area (Å²) in [4.78, 5) is 4.93. The minimum absolute atomic E-state index is 0.400. The first-order valence-electron chi connectivity index (χ1n) is 9.62. The second-order valence-electron chi connectivity index (χ2n) is 7.31. The van der Waals surface area contributed by atoms with Gasteiger partial charge < -0.3 is 19.5 Å². The molecule has 5 nitrogen and oxygen atoms in total. The molecular formula is C20H32N2O3. The van der Waals surface area contributed by atoms with Crippen molar-refractivity contribution in [2.24, 2.45) is 5.92 Å². The summed E-state index contributed by atoms with van der Waals surface area (Å²) in [6.45, 7) is 9.04. The van der Waals surface area contributed by atoms with Gasteiger partial charge >= 0.3 is 0 Å². The zero-order chi connectivity index (χ0) is 17.3. The van der Waals surface area contributed by atoms with Crippen molar-refractivity contribution in [3.8, 4) is 0 Å². The smallest absolute Gasteiger partial charge is 0.0900 e. The van der Waals surface area contributed by atoms with E-state index >= 15 is 0 Å². The van der Waals surface area contributed by atoms with Gasteiger partial charge in [0.15, 0.2) is 0 Å². The van der Waals surface area contributed by atoms with Crippen LogP contribution in [0.4, 0.5) is 0 Å². The fourth-order valence-corrected chi connectivity index (χ4v) is 3.69. The van der Waals surface area contributed by atoms with Gasteiger partial charge in [-0.05, 0) is 24.3 Å². The van der Waals surface area contributed by atoms with Crippen LogP contribution < -0.4 is 0 Å². The van der Waals surface area contributed by atoms with Gasteiger partial charge in [-0.3, -0.25) is 4.90 Å². The second-order valence-corrected chi connectivity index (χ2v) is 7.31. The lowest BCUT2D eigenvalue weighted by Gasteiger charge is -2.37. The minimum Gasteiger partial charge on any atom is -0.389 e. The highest BCUT2D eigenvalue weighted by Gasteiger charge is 2.22. The highest BCUT2D eigenvalue weighted by atomic mass is 16.5. The molecule has 5 heteroatoms. The summed E-state index contributed by atoms with van der Waals surface area (Å²) in [7, 11) is 0. The number of nitrogens with zero attached hydrogens (tertiary/aromatic N) is 2. The van der Waals surface area contributed by atoms with E-state index in [1.165, 1.54) is 19.4 Å². The third kappa shape index (κ3) is 6.68. The molecule has 2 saturated heterocycles. The van der Waals surface area contributed by atoms with Crippen molar-refractivity contribution in [3.63, 3.8) is 0 Å². The predicted molar refractivity (Wildman–Crippen MR) is 98.5 cm³/mol. The molecule has 1 aromatic rings. The Kier molecular flexibility index (Phi) is 7.70. The standard InChI is InChI=1S/C20H32N2O3/c23-20(17-25-16-19-4-2-1-3-5-19)15-22-10-8-21(9-11-22)14-18-6-12-24-13-7-18/h1-5,18,20,23H,6-17H2/t20-/m1/s1. The highest BCUT2D eigenvalue weighted by molar-refractivity contribution is 5.13. The van der Waals surface area contributed by atoms with Crippen LogP contribution in [0.2, 0.25) is 0 Å². The Labute approximate surface area is 151 Å². The monoisotopic (exact) mass is 348 g/mol. The zero-order valence-electron chi connectivity index (χ0n) is 15.2. The summed E-state index contributed by atoms with van der Waals surface area (Å²) in [5, 5.41) is 10.2. The molecule has 0 radical (unpaired) electrons. The average Bonchev–Trinajstić information content (AvgIpc) is 2.65. The first-order valence-corrected chi connectivity index (χ1v) is 9.62. The van der Waals surface area contributed by atoms with Gasteiger partial charge in [0.05, 0.1) is 19.3 Å². The maximum absolute atomic E-state index is 10.2. The number of aliphatic hydroxyl groups excluding tert-OH is 1. The van der Waals surface area contributed by atoms with Crippen LogP contribution in [-0.4, -0.2) is 80.1 Å². The SMILES string of the molecule is O[C@@H](COCc1ccccc1)CN1CCN(CC2CCOCC2)CC1. The van der Waals surface area contributed by atoms with Crippen molar-refractivity contribution in [2.45, 2.75) is 25.6 Å². The van der Waals surface area contributed by atoms with Gasteiger partial charge in [0.25, 0.3) is 0 Å². The van der Waals surface area contributed by atoms with Crippen LogP contribution in [0.1, 0.15) is 18.4 Å². The van der Waals surface area contributed by atoms with Gasteiger partial charge in [-0.25, -0.2) is 0 Å². The van der Waals surface area contributed by atoms with Crippen LogP contribution in [0.3, 0.4) is 0 Å². The lowest BCUT2D eigenvalue weighted by atomic mass is 9.99. The molecule has 0 aromatic heterocycles. The molecule has 1 aromatic carbocycles. The molecule has 2 heterocycles. The Morgan fingerprint density at radius 1 is 1.04 bits per heavy atom. The fraction of sp³-hybridized carbons (Fsp3) is 0.700. The maximum Gasteiger partial charge on any atom is 0.0900 e. The molecule has 2 aliphatic rings. The molecule has 25 heavy (non-hydrogen) atoms. The summed E-state index contributed by atoms with van der Waals surface area (Å²) in [5.74, 6) is 0.803. The average molecular weight is 348 g/mol. The summed E-state index contributed by atoms with van der Waals surface area (Å²) < 4.78 is 11.1. The number of hydrogen-bond donors (Lipinski definition) is 1. The number of benzene rings is 1. The van der Waals surface area contributed by atoms with E-state index in [0.717, 1.165) is 50.9 Å². The second kappa shape index (κ2) is 10.2. The Hall–Kier alpha value is -0.980. The van der Waals surface area contributed by atoms with Crippen LogP contribution in [-0.2, 0) is 16.1 Å². The van der Waals surface area contributed by atoms with Crippen molar-refractivity contribution in [3.05, 3.63) is 35.9 Å². The summed E-state index contributed by atoms with van der Waals surface area (Å²) in [6.07, 6.45) is 2.00. The van der Waals surface area contributed by atoms with E-state index in [9.17, 15) is 5.11 Å². The summed E-state index contributed by atoms with van der Waals surface area (Å²) in [6, 6.07) is 10.1. The molecule has 0 unspecified atom stereocenters. The van der Waals surface area contributed by atoms with Gasteiger partial charge in [-0.15, -0.1) is 0 Å². The minimum atomic E-state index is -0.411. The van der Waals surface area contributed by atoms with E-state index in [1.54, 1.807) is 0 Å². The van der Waals surface area contributed by atoms with Gasteiger partial charge in [-0.2, -0.15) is 0 Å². The first kappa shape index (κ1) is 18.8. The number of ether oxygens (including phenoxy) is 2. The first-order chi connectivity index (χ1) is 12.3. The fourth-order valence-electron chi connectivity index (χ4n) is 3.69. The van der Waals surface area contributed by atoms with E-state index in [-0.39, 0.29) is 0 Å². The number of β-amino-alcohol motifs (C(OH)–C–C–N with tert-alkyl or cyclic N) is 1. The normalized spacial score (nSPS) is 22.1. The number of aliphatic hydroxyl groups is 1. The molecule has 0 amide bonds. The van der Waals surface area contributed by atoms with Crippen LogP contribution in [0.5, 0.6) is 0 Å². The third-order valence-corrected chi connectivity index (χ3v) is 5.21. The molecule has 1 atom stereocenters. The summed E-state index contributed by atoms with van der Waals surface area (Å²) in [5.41, 5.74) is 1.15. The van der Waals surface area contributed by atoms with Gasteiger partial charge in [-0.1, -0.05) is 30.3 Å². The van der Waals surface area contributed by atoms with Crippen molar-refractivity contribution in [1.29, 1.82) is 0 Å². The van der Waals surface area contributed by atoms with Crippen molar-refractivity contribution >= 4 is 0 Å².